The van der Waals surface area contributed by atoms with E-state index in [4.69, 9.17) is 19.5 Å². The fraction of sp³-hybridized carbons (Fsp3) is 0.727. The zero-order chi connectivity index (χ0) is 23.1. The van der Waals surface area contributed by atoms with Crippen LogP contribution >= 0.6 is 0 Å². The lowest BCUT2D eigenvalue weighted by Crippen LogP contribution is -2.52. The molecule has 0 radical (unpaired) electrons. The third-order valence-corrected chi connectivity index (χ3v) is 8.94. The largest absolute Gasteiger partial charge is 0.616 e. The number of aliphatic imine (C=N–C) groups is 2. The van der Waals surface area contributed by atoms with E-state index >= 15 is 0 Å². The summed E-state index contributed by atoms with van der Waals surface area (Å²) in [7, 11) is 0. The van der Waals surface area contributed by atoms with Crippen LogP contribution in [0.15, 0.2) is 16.2 Å². The summed E-state index contributed by atoms with van der Waals surface area (Å²) in [5.41, 5.74) is 0.487. The summed E-state index contributed by atoms with van der Waals surface area (Å²) in [6.07, 6.45) is 4.54. The van der Waals surface area contributed by atoms with Crippen molar-refractivity contribution in [3.8, 4) is 0 Å². The number of amides is 1. The van der Waals surface area contributed by atoms with Crippen molar-refractivity contribution in [3.05, 3.63) is 17.7 Å². The summed E-state index contributed by atoms with van der Waals surface area (Å²) in [4.78, 5) is 31.3. The quantitative estimate of drug-likeness (QED) is 0.561. The van der Waals surface area contributed by atoms with Gasteiger partial charge in [0.2, 0.25) is 5.96 Å². The standard InChI is InChI=1S/C22H31N7O4S/c30-21(27-6-10-33-11-7-27)17-13-28-4-5-29(14-18(28)24-17)22-25-16-3-12-34(31)19(16)20(26-22)23-15-1-8-32-9-2-15/h13,15-16,19H,1-12,14H2,(H,23,25,26). The summed E-state index contributed by atoms with van der Waals surface area (Å²) in [5.74, 6) is 2.97. The maximum Gasteiger partial charge on any atom is 0.274 e. The number of morpholine rings is 1. The van der Waals surface area contributed by atoms with Crippen molar-refractivity contribution < 1.29 is 18.8 Å². The number of nitrogens with zero attached hydrogens (tertiary/aromatic N) is 6. The molecule has 11 nitrogen and oxygen atoms in total. The molecule has 3 atom stereocenters. The van der Waals surface area contributed by atoms with Crippen molar-refractivity contribution in [3.63, 3.8) is 0 Å². The minimum Gasteiger partial charge on any atom is -0.616 e. The Morgan fingerprint density at radius 2 is 1.88 bits per heavy atom. The molecule has 3 unspecified atom stereocenters. The van der Waals surface area contributed by atoms with E-state index in [9.17, 15) is 9.35 Å². The Morgan fingerprint density at radius 3 is 2.71 bits per heavy atom. The van der Waals surface area contributed by atoms with Gasteiger partial charge in [-0.25, -0.2) is 9.98 Å². The second-order valence-corrected chi connectivity index (χ2v) is 11.1. The van der Waals surface area contributed by atoms with Crippen molar-refractivity contribution >= 4 is 28.9 Å². The predicted octanol–water partition coefficient (Wildman–Crippen LogP) is -0.403. The zero-order valence-corrected chi connectivity index (χ0v) is 20.0. The fourth-order valence-corrected chi connectivity index (χ4v) is 6.90. The van der Waals surface area contributed by atoms with Gasteiger partial charge in [0.15, 0.2) is 11.1 Å². The number of imidazole rings is 1. The number of carbonyl (C=O) groups is 1. The molecule has 12 heteroatoms. The zero-order valence-electron chi connectivity index (χ0n) is 19.2. The topological polar surface area (TPSA) is 120 Å². The highest BCUT2D eigenvalue weighted by Gasteiger charge is 2.46. The van der Waals surface area contributed by atoms with Crippen LogP contribution in [0.4, 0.5) is 0 Å². The average molecular weight is 490 g/mol. The van der Waals surface area contributed by atoms with Crippen LogP contribution in [-0.4, -0.2) is 111 Å². The number of guanidine groups is 1. The van der Waals surface area contributed by atoms with Crippen molar-refractivity contribution in [1.29, 1.82) is 0 Å². The van der Waals surface area contributed by atoms with Crippen LogP contribution in [0.2, 0.25) is 0 Å². The molecule has 184 valence electrons. The smallest absolute Gasteiger partial charge is 0.274 e. The Balaban J connectivity index is 1.20. The molecule has 3 fully saturated rings. The number of amidine groups is 1. The molecule has 1 amide bonds. The van der Waals surface area contributed by atoms with Crippen LogP contribution < -0.4 is 5.32 Å². The normalized spacial score (nSPS) is 29.9. The Bertz CT molecular complexity index is 986. The first-order chi connectivity index (χ1) is 16.7. The van der Waals surface area contributed by atoms with Crippen molar-refractivity contribution in [2.75, 3.05) is 51.8 Å². The van der Waals surface area contributed by atoms with E-state index in [0.717, 1.165) is 57.2 Å². The van der Waals surface area contributed by atoms with E-state index < -0.39 is 11.2 Å². The number of fused-ring (bicyclic) bond motifs is 2. The first kappa shape index (κ1) is 22.3. The van der Waals surface area contributed by atoms with Gasteiger partial charge in [-0.05, 0) is 24.0 Å². The van der Waals surface area contributed by atoms with Gasteiger partial charge in [-0.15, -0.1) is 0 Å². The number of carbonyl (C=O) groups excluding carboxylic acids is 1. The van der Waals surface area contributed by atoms with Crippen molar-refractivity contribution in [1.82, 2.24) is 24.7 Å². The number of rotatable bonds is 2. The number of hydrogen-bond acceptors (Lipinski definition) is 9. The summed E-state index contributed by atoms with van der Waals surface area (Å²) in [6.45, 7) is 5.83. The highest BCUT2D eigenvalue weighted by atomic mass is 32.2. The molecule has 1 aromatic rings. The Labute approximate surface area is 201 Å². The number of nitrogens with one attached hydrogen (secondary N) is 1. The SMILES string of the molecule is O=C(c1cn2c(n1)CN(C1=NC3CC[S+]([O-])C3C(NC3CCOCC3)=N1)CC2)N1CCOCC1. The van der Waals surface area contributed by atoms with Crippen LogP contribution in [0.1, 0.15) is 35.6 Å². The van der Waals surface area contributed by atoms with Gasteiger partial charge in [0.1, 0.15) is 23.3 Å². The summed E-state index contributed by atoms with van der Waals surface area (Å²) >= 11 is -0.952. The van der Waals surface area contributed by atoms with Crippen molar-refractivity contribution in [2.24, 2.45) is 9.98 Å². The van der Waals surface area contributed by atoms with Gasteiger partial charge in [-0.2, -0.15) is 4.99 Å². The molecule has 5 aliphatic rings. The van der Waals surface area contributed by atoms with Crippen LogP contribution in [0.25, 0.3) is 0 Å². The number of hydrogen-bond donors (Lipinski definition) is 1. The van der Waals surface area contributed by atoms with Gasteiger partial charge < -0.3 is 33.7 Å². The molecule has 1 aromatic heterocycles. The second kappa shape index (κ2) is 9.48. The number of ether oxygens (including phenoxy) is 2. The van der Waals surface area contributed by atoms with Crippen molar-refractivity contribution in [2.45, 2.75) is 49.7 Å². The maximum absolute atomic E-state index is 12.9. The lowest BCUT2D eigenvalue weighted by atomic mass is 10.1. The minimum atomic E-state index is -0.952. The highest BCUT2D eigenvalue weighted by Crippen LogP contribution is 2.29. The third-order valence-electron chi connectivity index (χ3n) is 7.19. The monoisotopic (exact) mass is 489 g/mol. The van der Waals surface area contributed by atoms with E-state index in [2.05, 4.69) is 19.8 Å². The summed E-state index contributed by atoms with van der Waals surface area (Å²) < 4.78 is 25.6. The predicted molar refractivity (Wildman–Crippen MR) is 126 cm³/mol. The molecular weight excluding hydrogens is 458 g/mol. The lowest BCUT2D eigenvalue weighted by molar-refractivity contribution is 0.0299. The van der Waals surface area contributed by atoms with E-state index in [0.29, 0.717) is 56.3 Å². The van der Waals surface area contributed by atoms with Gasteiger partial charge in [-0.3, -0.25) is 4.79 Å². The molecule has 1 N–H and O–H groups in total. The molecule has 34 heavy (non-hydrogen) atoms. The van der Waals surface area contributed by atoms with E-state index in [-0.39, 0.29) is 17.2 Å². The van der Waals surface area contributed by atoms with Crippen LogP contribution in [-0.2, 0) is 33.7 Å². The van der Waals surface area contributed by atoms with Gasteiger partial charge in [-0.1, -0.05) is 0 Å². The van der Waals surface area contributed by atoms with Gasteiger partial charge in [0, 0.05) is 58.1 Å². The molecule has 6 rings (SSSR count). The minimum absolute atomic E-state index is 0.00388. The first-order valence-electron chi connectivity index (χ1n) is 12.2. The molecule has 3 saturated heterocycles. The average Bonchev–Trinajstić information content (AvgIpc) is 3.48. The van der Waals surface area contributed by atoms with Crippen LogP contribution in [0.3, 0.4) is 0 Å². The maximum atomic E-state index is 12.9. The van der Waals surface area contributed by atoms with Gasteiger partial charge >= 0.3 is 0 Å². The lowest BCUT2D eigenvalue weighted by Gasteiger charge is -2.34. The molecule has 5 aliphatic heterocycles. The molecule has 0 saturated carbocycles. The van der Waals surface area contributed by atoms with Crippen LogP contribution in [0, 0.1) is 0 Å². The molecule has 0 spiro atoms. The fourth-order valence-electron chi connectivity index (χ4n) is 5.25. The Hall–Kier alpha value is -2.15. The third kappa shape index (κ3) is 4.32. The molecule has 6 heterocycles. The van der Waals surface area contributed by atoms with E-state index in [1.54, 1.807) is 4.90 Å². The molecular formula is C22H31N7O4S. The Morgan fingerprint density at radius 1 is 1.09 bits per heavy atom. The Kier molecular flexibility index (Phi) is 6.22. The molecule has 0 aromatic carbocycles. The highest BCUT2D eigenvalue weighted by molar-refractivity contribution is 7.93. The first-order valence-corrected chi connectivity index (χ1v) is 13.6. The molecule has 0 aliphatic carbocycles. The molecule has 0 bridgehead atoms. The van der Waals surface area contributed by atoms with E-state index in [1.165, 1.54) is 0 Å². The van der Waals surface area contributed by atoms with Gasteiger partial charge in [0.25, 0.3) is 5.91 Å². The summed E-state index contributed by atoms with van der Waals surface area (Å²) in [6, 6.07) is 0.287. The number of aromatic nitrogens is 2. The summed E-state index contributed by atoms with van der Waals surface area (Å²) in [5, 5.41) is 3.45. The van der Waals surface area contributed by atoms with E-state index in [1.807, 2.05) is 6.20 Å². The second-order valence-electron chi connectivity index (χ2n) is 9.38. The van der Waals surface area contributed by atoms with Crippen LogP contribution in [0.5, 0.6) is 0 Å². The van der Waals surface area contributed by atoms with Gasteiger partial charge in [0.05, 0.1) is 19.8 Å².